The van der Waals surface area contributed by atoms with Gasteiger partial charge in [0.25, 0.3) is 0 Å². The number of ether oxygens (including phenoxy) is 1. The van der Waals surface area contributed by atoms with E-state index >= 15 is 0 Å². The Morgan fingerprint density at radius 2 is 2.47 bits per heavy atom. The number of hydrogen-bond donors (Lipinski definition) is 1. The molecule has 0 amide bonds. The normalized spacial score (nSPS) is 20.7. The first kappa shape index (κ1) is 13.2. The van der Waals surface area contributed by atoms with Crippen molar-refractivity contribution in [2.75, 3.05) is 19.8 Å². The summed E-state index contributed by atoms with van der Waals surface area (Å²) < 4.78 is 5.43. The largest absolute Gasteiger partial charge is 0.381 e. The maximum absolute atomic E-state index is 5.43. The Bertz CT molecular complexity index is 464. The molecule has 5 heteroatoms. The lowest BCUT2D eigenvalue weighted by Gasteiger charge is -2.18. The van der Waals surface area contributed by atoms with Crippen molar-refractivity contribution in [2.45, 2.75) is 18.9 Å². The minimum Gasteiger partial charge on any atom is -0.381 e. The van der Waals surface area contributed by atoms with Gasteiger partial charge in [-0.3, -0.25) is 0 Å². The average molecular weight is 294 g/mol. The highest BCUT2D eigenvalue weighted by atomic mass is 32.1. The van der Waals surface area contributed by atoms with Gasteiger partial charge in [-0.05, 0) is 41.1 Å². The molecule has 0 aliphatic carbocycles. The molecule has 0 spiro atoms. The van der Waals surface area contributed by atoms with Crippen LogP contribution in [0, 0.1) is 5.92 Å². The monoisotopic (exact) mass is 294 g/mol. The molecule has 0 saturated carbocycles. The Kier molecular flexibility index (Phi) is 4.61. The summed E-state index contributed by atoms with van der Waals surface area (Å²) in [5.74, 6) is 0.657. The van der Waals surface area contributed by atoms with Crippen molar-refractivity contribution < 1.29 is 4.74 Å². The standard InChI is InChI=1S/C14H18N2OS2/c1-4-17-9-12(1)8-16-13(14-15-3-6-19-14)7-11-2-5-18-10-11/h2-3,5-6,10,12-13,16H,1,4,7-9H2/t12-,13-/m1/s1. The average Bonchev–Trinajstić information content (AvgIpc) is 3.15. The lowest BCUT2D eigenvalue weighted by atomic mass is 10.1. The van der Waals surface area contributed by atoms with Crippen LogP contribution in [0.5, 0.6) is 0 Å². The van der Waals surface area contributed by atoms with E-state index in [9.17, 15) is 0 Å². The Balaban J connectivity index is 1.62. The summed E-state index contributed by atoms with van der Waals surface area (Å²) in [6.07, 6.45) is 4.08. The fourth-order valence-corrected chi connectivity index (χ4v) is 3.75. The van der Waals surface area contributed by atoms with E-state index in [1.54, 1.807) is 22.7 Å². The van der Waals surface area contributed by atoms with Gasteiger partial charge in [0, 0.05) is 24.7 Å². The van der Waals surface area contributed by atoms with Gasteiger partial charge in [-0.15, -0.1) is 11.3 Å². The van der Waals surface area contributed by atoms with Crippen molar-refractivity contribution in [1.29, 1.82) is 0 Å². The van der Waals surface area contributed by atoms with E-state index in [2.05, 4.69) is 32.5 Å². The highest BCUT2D eigenvalue weighted by Crippen LogP contribution is 2.22. The van der Waals surface area contributed by atoms with Gasteiger partial charge in [0.15, 0.2) is 0 Å². The van der Waals surface area contributed by atoms with Crippen LogP contribution in [0.25, 0.3) is 0 Å². The summed E-state index contributed by atoms with van der Waals surface area (Å²) in [4.78, 5) is 4.47. The number of nitrogens with one attached hydrogen (secondary N) is 1. The molecule has 2 aromatic heterocycles. The molecule has 0 radical (unpaired) electrons. The van der Waals surface area contributed by atoms with Crippen LogP contribution < -0.4 is 5.32 Å². The van der Waals surface area contributed by atoms with E-state index in [1.165, 1.54) is 17.0 Å². The fraction of sp³-hybridized carbons (Fsp3) is 0.500. The lowest BCUT2D eigenvalue weighted by Crippen LogP contribution is -2.29. The third-order valence-electron chi connectivity index (χ3n) is 3.45. The number of rotatable bonds is 6. The van der Waals surface area contributed by atoms with Crippen molar-refractivity contribution in [2.24, 2.45) is 5.92 Å². The molecule has 1 N–H and O–H groups in total. The topological polar surface area (TPSA) is 34.1 Å². The summed E-state index contributed by atoms with van der Waals surface area (Å²) in [6, 6.07) is 2.53. The number of aromatic nitrogens is 1. The van der Waals surface area contributed by atoms with Crippen molar-refractivity contribution >= 4 is 22.7 Å². The summed E-state index contributed by atoms with van der Waals surface area (Å²) >= 11 is 3.49. The Morgan fingerprint density at radius 3 is 3.16 bits per heavy atom. The second-order valence-corrected chi connectivity index (χ2v) is 6.60. The van der Waals surface area contributed by atoms with Crippen LogP contribution in [-0.4, -0.2) is 24.7 Å². The predicted octanol–water partition coefficient (Wildman–Crippen LogP) is 3.11. The molecule has 2 aromatic rings. The molecule has 3 rings (SSSR count). The molecule has 0 aromatic carbocycles. The number of thiophene rings is 1. The third kappa shape index (κ3) is 3.63. The number of thiazole rings is 1. The zero-order chi connectivity index (χ0) is 12.9. The highest BCUT2D eigenvalue weighted by molar-refractivity contribution is 7.09. The first-order valence-corrected chi connectivity index (χ1v) is 8.45. The zero-order valence-corrected chi connectivity index (χ0v) is 12.4. The zero-order valence-electron chi connectivity index (χ0n) is 10.7. The van der Waals surface area contributed by atoms with Crippen LogP contribution >= 0.6 is 22.7 Å². The van der Waals surface area contributed by atoms with Crippen molar-refractivity contribution in [3.8, 4) is 0 Å². The minimum atomic E-state index is 0.329. The quantitative estimate of drug-likeness (QED) is 0.889. The molecule has 19 heavy (non-hydrogen) atoms. The first-order valence-electron chi connectivity index (χ1n) is 6.63. The van der Waals surface area contributed by atoms with Crippen LogP contribution in [0.15, 0.2) is 28.4 Å². The second kappa shape index (κ2) is 6.61. The van der Waals surface area contributed by atoms with Crippen molar-refractivity contribution in [1.82, 2.24) is 10.3 Å². The van der Waals surface area contributed by atoms with Crippen LogP contribution in [0.2, 0.25) is 0 Å². The molecule has 102 valence electrons. The summed E-state index contributed by atoms with van der Waals surface area (Å²) in [5.41, 5.74) is 1.39. The summed E-state index contributed by atoms with van der Waals surface area (Å²) in [6.45, 7) is 2.84. The predicted molar refractivity (Wildman–Crippen MR) is 79.8 cm³/mol. The molecule has 3 heterocycles. The first-order chi connectivity index (χ1) is 9.42. The van der Waals surface area contributed by atoms with Crippen LogP contribution in [0.4, 0.5) is 0 Å². The van der Waals surface area contributed by atoms with Crippen molar-refractivity contribution in [3.05, 3.63) is 39.0 Å². The Hall–Kier alpha value is -0.750. The summed E-state index contributed by atoms with van der Waals surface area (Å²) in [5, 5.41) is 11.3. The van der Waals surface area contributed by atoms with Gasteiger partial charge in [0.2, 0.25) is 0 Å². The molecule has 1 saturated heterocycles. The smallest absolute Gasteiger partial charge is 0.110 e. The van der Waals surface area contributed by atoms with E-state index in [-0.39, 0.29) is 0 Å². The molecular formula is C14H18N2OS2. The van der Waals surface area contributed by atoms with E-state index < -0.39 is 0 Å². The van der Waals surface area contributed by atoms with E-state index in [0.29, 0.717) is 12.0 Å². The molecule has 1 aliphatic heterocycles. The SMILES string of the molecule is c1csc([C@@H](Cc2ccsc2)NC[C@H]2CCOC2)n1. The molecule has 2 atom stereocenters. The third-order valence-corrected chi connectivity index (χ3v) is 5.07. The van der Waals surface area contributed by atoms with Gasteiger partial charge in [-0.2, -0.15) is 11.3 Å². The molecule has 1 fully saturated rings. The molecule has 3 nitrogen and oxygen atoms in total. The van der Waals surface area contributed by atoms with Gasteiger partial charge in [0.05, 0.1) is 12.6 Å². The fourth-order valence-electron chi connectivity index (χ4n) is 2.35. The molecule has 0 unspecified atom stereocenters. The molecule has 1 aliphatic rings. The van der Waals surface area contributed by atoms with Gasteiger partial charge in [-0.1, -0.05) is 0 Å². The lowest BCUT2D eigenvalue weighted by molar-refractivity contribution is 0.184. The molecule has 0 bridgehead atoms. The van der Waals surface area contributed by atoms with Gasteiger partial charge in [-0.25, -0.2) is 4.98 Å². The Morgan fingerprint density at radius 1 is 1.47 bits per heavy atom. The van der Waals surface area contributed by atoms with E-state index in [4.69, 9.17) is 4.74 Å². The number of nitrogens with zero attached hydrogens (tertiary/aromatic N) is 1. The van der Waals surface area contributed by atoms with Gasteiger partial charge < -0.3 is 10.1 Å². The van der Waals surface area contributed by atoms with E-state index in [1.807, 2.05) is 6.20 Å². The van der Waals surface area contributed by atoms with Crippen LogP contribution in [0.1, 0.15) is 23.0 Å². The highest BCUT2D eigenvalue weighted by Gasteiger charge is 2.20. The van der Waals surface area contributed by atoms with Gasteiger partial charge >= 0.3 is 0 Å². The van der Waals surface area contributed by atoms with Crippen LogP contribution in [0.3, 0.4) is 0 Å². The Labute approximate surface area is 121 Å². The van der Waals surface area contributed by atoms with Gasteiger partial charge in [0.1, 0.15) is 5.01 Å². The second-order valence-electron chi connectivity index (χ2n) is 4.90. The minimum absolute atomic E-state index is 0.329. The van der Waals surface area contributed by atoms with E-state index in [0.717, 1.165) is 26.2 Å². The maximum atomic E-state index is 5.43. The van der Waals surface area contributed by atoms with Crippen LogP contribution in [-0.2, 0) is 11.2 Å². The summed E-state index contributed by atoms with van der Waals surface area (Å²) in [7, 11) is 0. The molecular weight excluding hydrogens is 276 g/mol. The van der Waals surface area contributed by atoms with Crippen molar-refractivity contribution in [3.63, 3.8) is 0 Å². The number of hydrogen-bond acceptors (Lipinski definition) is 5. The maximum Gasteiger partial charge on any atom is 0.110 e.